The van der Waals surface area contributed by atoms with E-state index in [2.05, 4.69) is 5.32 Å². The van der Waals surface area contributed by atoms with Gasteiger partial charge in [0.25, 0.3) is 23.6 Å². The van der Waals surface area contributed by atoms with Crippen molar-refractivity contribution in [1.82, 2.24) is 15.1 Å². The second-order valence-corrected chi connectivity index (χ2v) is 8.82. The number of hydrogen-bond donors (Lipinski definition) is 1. The Morgan fingerprint density at radius 1 is 0.789 bits per heavy atom. The van der Waals surface area contributed by atoms with Crippen LogP contribution in [0.5, 0.6) is 5.75 Å². The molecule has 0 atom stereocenters. The summed E-state index contributed by atoms with van der Waals surface area (Å²) in [6.45, 7) is 0.0429. The lowest BCUT2D eigenvalue weighted by Gasteiger charge is -2.26. The fourth-order valence-electron chi connectivity index (χ4n) is 4.51. The van der Waals surface area contributed by atoms with Gasteiger partial charge in [0, 0.05) is 12.1 Å². The summed E-state index contributed by atoms with van der Waals surface area (Å²) < 4.78 is 5.43. The van der Waals surface area contributed by atoms with E-state index < -0.39 is 29.7 Å². The predicted octanol–water partition coefficient (Wildman–Crippen LogP) is 3.20. The first-order valence-electron chi connectivity index (χ1n) is 11.9. The van der Waals surface area contributed by atoms with Crippen LogP contribution in [0.2, 0.25) is 0 Å². The molecule has 0 aliphatic carbocycles. The van der Waals surface area contributed by atoms with Gasteiger partial charge in [0.2, 0.25) is 0 Å². The standard InChI is InChI=1S/C29H23N3O6/c1-38-24-12-11-19(15-20(24)17-32-26(34)21-9-5-6-10-22(21)27(32)35)16-23-25(33)30-29(37)31(28(23)36)14-13-18-7-3-2-4-8-18/h2-12,15-16H,13-14,17H2,1H3,(H,30,33,37). The van der Waals surface area contributed by atoms with Crippen molar-refractivity contribution in [2.45, 2.75) is 13.0 Å². The molecule has 3 aromatic rings. The fraction of sp³-hybridized carbons (Fsp3) is 0.138. The molecule has 38 heavy (non-hydrogen) atoms. The van der Waals surface area contributed by atoms with Crippen LogP contribution in [0, 0.1) is 0 Å². The first-order chi connectivity index (χ1) is 18.4. The van der Waals surface area contributed by atoms with Crippen molar-refractivity contribution in [1.29, 1.82) is 0 Å². The normalized spacial score (nSPS) is 16.2. The maximum Gasteiger partial charge on any atom is 0.331 e. The molecule has 0 saturated carbocycles. The van der Waals surface area contributed by atoms with E-state index in [4.69, 9.17) is 4.74 Å². The van der Waals surface area contributed by atoms with Crippen LogP contribution in [0.4, 0.5) is 4.79 Å². The Hall–Kier alpha value is -5.05. The zero-order valence-electron chi connectivity index (χ0n) is 20.5. The van der Waals surface area contributed by atoms with E-state index in [-0.39, 0.29) is 18.7 Å². The number of barbiturate groups is 1. The molecule has 1 N–H and O–H groups in total. The largest absolute Gasteiger partial charge is 0.496 e. The molecule has 3 aromatic carbocycles. The Kier molecular flexibility index (Phi) is 6.57. The molecule has 0 radical (unpaired) electrons. The first-order valence-corrected chi connectivity index (χ1v) is 11.9. The summed E-state index contributed by atoms with van der Waals surface area (Å²) in [4.78, 5) is 65.9. The van der Waals surface area contributed by atoms with E-state index >= 15 is 0 Å². The molecule has 9 nitrogen and oxygen atoms in total. The van der Waals surface area contributed by atoms with Crippen LogP contribution in [0.15, 0.2) is 78.4 Å². The molecular weight excluding hydrogens is 486 g/mol. The SMILES string of the molecule is COc1ccc(C=C2C(=O)NC(=O)N(CCc3ccccc3)C2=O)cc1CN1C(=O)c2ccccc2C1=O. The molecule has 0 bridgehead atoms. The van der Waals surface area contributed by atoms with Gasteiger partial charge in [-0.1, -0.05) is 48.5 Å². The topological polar surface area (TPSA) is 113 Å². The number of hydrogen-bond acceptors (Lipinski definition) is 6. The number of carbonyl (C=O) groups excluding carboxylic acids is 5. The van der Waals surface area contributed by atoms with Gasteiger partial charge in [0.1, 0.15) is 11.3 Å². The molecule has 2 aliphatic heterocycles. The maximum absolute atomic E-state index is 13.1. The number of imide groups is 3. The van der Waals surface area contributed by atoms with Gasteiger partial charge in [-0.2, -0.15) is 0 Å². The Balaban J connectivity index is 1.40. The highest BCUT2D eigenvalue weighted by Gasteiger charge is 2.37. The van der Waals surface area contributed by atoms with Gasteiger partial charge in [-0.3, -0.25) is 34.3 Å². The molecule has 9 heteroatoms. The molecular formula is C29H23N3O6. The number of nitrogens with one attached hydrogen (secondary N) is 1. The first kappa shape index (κ1) is 24.6. The van der Waals surface area contributed by atoms with Gasteiger partial charge in [-0.25, -0.2) is 4.79 Å². The van der Waals surface area contributed by atoms with Crippen molar-refractivity contribution in [3.05, 3.63) is 106 Å². The summed E-state index contributed by atoms with van der Waals surface area (Å²) in [5.41, 5.74) is 2.39. The Morgan fingerprint density at radius 3 is 2.11 bits per heavy atom. The van der Waals surface area contributed by atoms with Crippen LogP contribution in [-0.2, 0) is 22.6 Å². The lowest BCUT2D eigenvalue weighted by atomic mass is 10.0. The fourth-order valence-corrected chi connectivity index (χ4v) is 4.51. The minimum atomic E-state index is -0.798. The van der Waals surface area contributed by atoms with Crippen molar-refractivity contribution in [3.63, 3.8) is 0 Å². The molecule has 6 amide bonds. The Labute approximate surface area is 218 Å². The van der Waals surface area contributed by atoms with Gasteiger partial charge in [0.15, 0.2) is 0 Å². The van der Waals surface area contributed by atoms with Crippen molar-refractivity contribution >= 4 is 35.7 Å². The second kappa shape index (κ2) is 10.1. The van der Waals surface area contributed by atoms with E-state index in [1.54, 1.807) is 42.5 Å². The van der Waals surface area contributed by atoms with E-state index in [0.29, 0.717) is 34.4 Å². The van der Waals surface area contributed by atoms with Crippen LogP contribution in [0.3, 0.4) is 0 Å². The number of rotatable bonds is 7. The van der Waals surface area contributed by atoms with Crippen LogP contribution < -0.4 is 10.1 Å². The molecule has 0 spiro atoms. The second-order valence-electron chi connectivity index (χ2n) is 8.82. The van der Waals surface area contributed by atoms with Crippen LogP contribution in [0.25, 0.3) is 6.08 Å². The number of urea groups is 1. The highest BCUT2D eigenvalue weighted by atomic mass is 16.5. The summed E-state index contributed by atoms with van der Waals surface area (Å²) >= 11 is 0. The highest BCUT2D eigenvalue weighted by molar-refractivity contribution is 6.31. The third kappa shape index (κ3) is 4.57. The monoisotopic (exact) mass is 509 g/mol. The average Bonchev–Trinajstić information content (AvgIpc) is 3.16. The van der Waals surface area contributed by atoms with Crippen molar-refractivity contribution in [3.8, 4) is 5.75 Å². The van der Waals surface area contributed by atoms with Crippen LogP contribution in [0.1, 0.15) is 37.4 Å². The number of carbonyl (C=O) groups is 5. The van der Waals surface area contributed by atoms with E-state index in [1.807, 2.05) is 30.3 Å². The van der Waals surface area contributed by atoms with Crippen molar-refractivity contribution in [2.24, 2.45) is 0 Å². The molecule has 0 aromatic heterocycles. The average molecular weight is 510 g/mol. The number of amides is 6. The summed E-state index contributed by atoms with van der Waals surface area (Å²) in [6.07, 6.45) is 1.82. The van der Waals surface area contributed by atoms with E-state index in [0.717, 1.165) is 15.4 Å². The zero-order valence-corrected chi connectivity index (χ0v) is 20.5. The van der Waals surface area contributed by atoms with E-state index in [1.165, 1.54) is 13.2 Å². The van der Waals surface area contributed by atoms with Crippen molar-refractivity contribution < 1.29 is 28.7 Å². The molecule has 2 aliphatic rings. The van der Waals surface area contributed by atoms with Crippen LogP contribution >= 0.6 is 0 Å². The number of ether oxygens (including phenoxy) is 1. The molecule has 2 heterocycles. The van der Waals surface area contributed by atoms with Gasteiger partial charge >= 0.3 is 6.03 Å². The molecule has 0 unspecified atom stereocenters. The van der Waals surface area contributed by atoms with Gasteiger partial charge in [0.05, 0.1) is 24.8 Å². The molecule has 1 saturated heterocycles. The number of methoxy groups -OCH3 is 1. The maximum atomic E-state index is 13.1. The smallest absolute Gasteiger partial charge is 0.331 e. The number of benzene rings is 3. The lowest BCUT2D eigenvalue weighted by molar-refractivity contribution is -0.130. The third-order valence-corrected chi connectivity index (χ3v) is 6.47. The minimum absolute atomic E-state index is 0.0611. The lowest BCUT2D eigenvalue weighted by Crippen LogP contribution is -2.54. The molecule has 5 rings (SSSR count). The summed E-state index contributed by atoms with van der Waals surface area (Å²) in [5, 5.41) is 2.22. The zero-order chi connectivity index (χ0) is 26.8. The van der Waals surface area contributed by atoms with Gasteiger partial charge in [-0.05, 0) is 47.9 Å². The summed E-state index contributed by atoms with van der Waals surface area (Å²) in [7, 11) is 1.47. The highest BCUT2D eigenvalue weighted by Crippen LogP contribution is 2.29. The van der Waals surface area contributed by atoms with Crippen LogP contribution in [-0.4, -0.2) is 53.1 Å². The van der Waals surface area contributed by atoms with Gasteiger partial charge in [-0.15, -0.1) is 0 Å². The number of nitrogens with zero attached hydrogens (tertiary/aromatic N) is 2. The van der Waals surface area contributed by atoms with Gasteiger partial charge < -0.3 is 4.74 Å². The Morgan fingerprint density at radius 2 is 1.45 bits per heavy atom. The Bertz CT molecular complexity index is 1480. The minimum Gasteiger partial charge on any atom is -0.496 e. The summed E-state index contributed by atoms with van der Waals surface area (Å²) in [6, 6.07) is 20.1. The third-order valence-electron chi connectivity index (χ3n) is 6.47. The number of fused-ring (bicyclic) bond motifs is 1. The summed E-state index contributed by atoms with van der Waals surface area (Å²) in [5.74, 6) is -1.89. The van der Waals surface area contributed by atoms with Crippen molar-refractivity contribution in [2.75, 3.05) is 13.7 Å². The predicted molar refractivity (Wildman–Crippen MR) is 137 cm³/mol. The quantitative estimate of drug-likeness (QED) is 0.297. The van der Waals surface area contributed by atoms with E-state index in [9.17, 15) is 24.0 Å². The molecule has 190 valence electrons. The molecule has 1 fully saturated rings.